The Labute approximate surface area is 177 Å². The summed E-state index contributed by atoms with van der Waals surface area (Å²) in [6.45, 7) is 2.30. The molecule has 2 aliphatic carbocycles. The molecule has 2 aliphatic rings. The fraction of sp³-hybridized carbons (Fsp3) is 0.704. The normalized spacial score (nSPS) is 25.1. The van der Waals surface area contributed by atoms with Crippen LogP contribution >= 0.6 is 0 Å². The van der Waals surface area contributed by atoms with E-state index in [2.05, 4.69) is 13.0 Å². The first kappa shape index (κ1) is 22.5. The number of rotatable bonds is 10. The highest BCUT2D eigenvalue weighted by molar-refractivity contribution is 5.19. The molecule has 1 aromatic carbocycles. The van der Waals surface area contributed by atoms with Crippen LogP contribution in [0.25, 0.3) is 0 Å². The SMILES string of the molecule is CCCCC[C@H]1CC[C@H](CCC2CC=C(CCc3ccc(F)c(F)c3)CC2)CC1. The maximum Gasteiger partial charge on any atom is 0.159 e. The smallest absolute Gasteiger partial charge is 0.159 e. The second-order valence-corrected chi connectivity index (χ2v) is 9.71. The van der Waals surface area contributed by atoms with Crippen molar-refractivity contribution in [3.05, 3.63) is 47.0 Å². The van der Waals surface area contributed by atoms with Crippen molar-refractivity contribution in [2.75, 3.05) is 0 Å². The fourth-order valence-corrected chi connectivity index (χ4v) is 5.40. The summed E-state index contributed by atoms with van der Waals surface area (Å²) in [6, 6.07) is 4.30. The van der Waals surface area contributed by atoms with Crippen molar-refractivity contribution in [1.29, 1.82) is 0 Å². The predicted octanol–water partition coefficient (Wildman–Crippen LogP) is 8.79. The van der Waals surface area contributed by atoms with E-state index in [1.165, 1.54) is 101 Å². The van der Waals surface area contributed by atoms with Crippen LogP contribution in [0.15, 0.2) is 29.8 Å². The number of allylic oxidation sites excluding steroid dienone is 2. The third kappa shape index (κ3) is 7.54. The average Bonchev–Trinajstić information content (AvgIpc) is 2.75. The topological polar surface area (TPSA) is 0 Å². The van der Waals surface area contributed by atoms with Gasteiger partial charge in [0, 0.05) is 0 Å². The molecule has 162 valence electrons. The number of aryl methyl sites for hydroxylation is 1. The molecule has 0 bridgehead atoms. The summed E-state index contributed by atoms with van der Waals surface area (Å²) in [5, 5.41) is 0. The van der Waals surface area contributed by atoms with E-state index in [1.807, 2.05) is 0 Å². The van der Waals surface area contributed by atoms with Gasteiger partial charge in [0.05, 0.1) is 0 Å². The largest absolute Gasteiger partial charge is 0.204 e. The summed E-state index contributed by atoms with van der Waals surface area (Å²) in [5.41, 5.74) is 2.41. The Kier molecular flexibility index (Phi) is 9.21. The summed E-state index contributed by atoms with van der Waals surface area (Å²) in [6.07, 6.45) is 22.4. The standard InChI is InChI=1S/C27H40F2/c1-2-3-4-5-21-6-8-22(9-7-21)10-11-23-12-14-24(15-13-23)16-17-25-18-19-26(28)27(29)20-25/h14,18-23H,2-13,15-17H2,1H3/t21-,22-,23?. The Balaban J connectivity index is 1.30. The average molecular weight is 403 g/mol. The van der Waals surface area contributed by atoms with Crippen LogP contribution in [0.1, 0.15) is 102 Å². The van der Waals surface area contributed by atoms with Gasteiger partial charge in [0.25, 0.3) is 0 Å². The van der Waals surface area contributed by atoms with Crippen molar-refractivity contribution < 1.29 is 8.78 Å². The highest BCUT2D eigenvalue weighted by Gasteiger charge is 2.22. The van der Waals surface area contributed by atoms with Crippen LogP contribution in [-0.4, -0.2) is 0 Å². The molecule has 1 unspecified atom stereocenters. The van der Waals surface area contributed by atoms with E-state index in [-0.39, 0.29) is 0 Å². The van der Waals surface area contributed by atoms with Gasteiger partial charge in [0.15, 0.2) is 11.6 Å². The minimum Gasteiger partial charge on any atom is -0.204 e. The number of benzene rings is 1. The Bertz CT molecular complexity index is 640. The van der Waals surface area contributed by atoms with Crippen LogP contribution in [0.5, 0.6) is 0 Å². The molecule has 0 spiro atoms. The van der Waals surface area contributed by atoms with Gasteiger partial charge in [-0.05, 0) is 74.0 Å². The second-order valence-electron chi connectivity index (χ2n) is 9.71. The Morgan fingerprint density at radius 2 is 1.52 bits per heavy atom. The van der Waals surface area contributed by atoms with Crippen molar-refractivity contribution in [3.8, 4) is 0 Å². The van der Waals surface area contributed by atoms with Gasteiger partial charge >= 0.3 is 0 Å². The first-order valence-corrected chi connectivity index (χ1v) is 12.3. The first-order valence-electron chi connectivity index (χ1n) is 12.3. The predicted molar refractivity (Wildman–Crippen MR) is 119 cm³/mol. The molecule has 0 radical (unpaired) electrons. The lowest BCUT2D eigenvalue weighted by Crippen LogP contribution is -2.16. The maximum absolute atomic E-state index is 13.3. The van der Waals surface area contributed by atoms with E-state index in [4.69, 9.17) is 0 Å². The minimum absolute atomic E-state index is 0.727. The van der Waals surface area contributed by atoms with Crippen molar-refractivity contribution in [2.45, 2.75) is 103 Å². The molecule has 1 aromatic rings. The van der Waals surface area contributed by atoms with Crippen molar-refractivity contribution in [3.63, 3.8) is 0 Å². The van der Waals surface area contributed by atoms with E-state index < -0.39 is 11.6 Å². The molecular weight excluding hydrogens is 362 g/mol. The molecule has 2 heteroatoms. The third-order valence-electron chi connectivity index (χ3n) is 7.50. The summed E-state index contributed by atoms with van der Waals surface area (Å²) >= 11 is 0. The Hall–Kier alpha value is -1.18. The molecule has 0 saturated heterocycles. The van der Waals surface area contributed by atoms with E-state index in [1.54, 1.807) is 6.07 Å². The molecule has 29 heavy (non-hydrogen) atoms. The zero-order valence-corrected chi connectivity index (χ0v) is 18.4. The van der Waals surface area contributed by atoms with Crippen LogP contribution in [0.3, 0.4) is 0 Å². The molecule has 3 rings (SSSR count). The van der Waals surface area contributed by atoms with Gasteiger partial charge in [-0.2, -0.15) is 0 Å². The third-order valence-corrected chi connectivity index (χ3v) is 7.50. The zero-order valence-electron chi connectivity index (χ0n) is 18.4. The van der Waals surface area contributed by atoms with Gasteiger partial charge in [-0.1, -0.05) is 82.4 Å². The van der Waals surface area contributed by atoms with E-state index in [0.717, 1.165) is 36.2 Å². The van der Waals surface area contributed by atoms with Crippen LogP contribution in [0.2, 0.25) is 0 Å². The maximum atomic E-state index is 13.3. The molecule has 1 atom stereocenters. The molecule has 0 heterocycles. The fourth-order valence-electron chi connectivity index (χ4n) is 5.40. The van der Waals surface area contributed by atoms with Gasteiger partial charge in [-0.15, -0.1) is 0 Å². The van der Waals surface area contributed by atoms with E-state index in [9.17, 15) is 8.78 Å². The number of halogens is 2. The molecule has 0 aliphatic heterocycles. The molecule has 1 saturated carbocycles. The van der Waals surface area contributed by atoms with E-state index in [0.29, 0.717) is 0 Å². The van der Waals surface area contributed by atoms with Crippen molar-refractivity contribution >= 4 is 0 Å². The van der Waals surface area contributed by atoms with Crippen molar-refractivity contribution in [2.24, 2.45) is 17.8 Å². The summed E-state index contributed by atoms with van der Waals surface area (Å²) in [4.78, 5) is 0. The summed E-state index contributed by atoms with van der Waals surface area (Å²) in [7, 11) is 0. The molecule has 0 nitrogen and oxygen atoms in total. The van der Waals surface area contributed by atoms with Crippen molar-refractivity contribution in [1.82, 2.24) is 0 Å². The highest BCUT2D eigenvalue weighted by atomic mass is 19.2. The molecule has 0 aromatic heterocycles. The molecular formula is C27H40F2. The second kappa shape index (κ2) is 11.9. The van der Waals surface area contributed by atoms with Gasteiger partial charge in [-0.25, -0.2) is 8.78 Å². The lowest BCUT2D eigenvalue weighted by molar-refractivity contribution is 0.234. The molecule has 0 N–H and O–H groups in total. The van der Waals surface area contributed by atoms with Gasteiger partial charge < -0.3 is 0 Å². The van der Waals surface area contributed by atoms with Gasteiger partial charge in [-0.3, -0.25) is 0 Å². The molecule has 1 fully saturated rings. The number of hydrogen-bond acceptors (Lipinski definition) is 0. The Morgan fingerprint density at radius 1 is 0.793 bits per heavy atom. The van der Waals surface area contributed by atoms with Gasteiger partial charge in [0.1, 0.15) is 0 Å². The Morgan fingerprint density at radius 3 is 2.17 bits per heavy atom. The number of unbranched alkanes of at least 4 members (excludes halogenated alkanes) is 2. The van der Waals surface area contributed by atoms with Crippen LogP contribution in [-0.2, 0) is 6.42 Å². The van der Waals surface area contributed by atoms with Crippen LogP contribution < -0.4 is 0 Å². The summed E-state index contributed by atoms with van der Waals surface area (Å²) in [5.74, 6) is 1.39. The summed E-state index contributed by atoms with van der Waals surface area (Å²) < 4.78 is 26.4. The van der Waals surface area contributed by atoms with Crippen LogP contribution in [0, 0.1) is 29.4 Å². The minimum atomic E-state index is -0.751. The highest BCUT2D eigenvalue weighted by Crippen LogP contribution is 2.37. The first-order chi connectivity index (χ1) is 14.1. The van der Waals surface area contributed by atoms with Crippen LogP contribution in [0.4, 0.5) is 8.78 Å². The monoisotopic (exact) mass is 402 g/mol. The van der Waals surface area contributed by atoms with Gasteiger partial charge in [0.2, 0.25) is 0 Å². The lowest BCUT2D eigenvalue weighted by Gasteiger charge is -2.30. The zero-order chi connectivity index (χ0) is 20.5. The lowest BCUT2D eigenvalue weighted by atomic mass is 9.76. The number of hydrogen-bond donors (Lipinski definition) is 0. The quantitative estimate of drug-likeness (QED) is 0.271. The molecule has 0 amide bonds. The van der Waals surface area contributed by atoms with E-state index >= 15 is 0 Å².